The molecule has 0 bridgehead atoms. The van der Waals surface area contributed by atoms with Crippen LogP contribution >= 0.6 is 0 Å². The Kier molecular flexibility index (Phi) is 6.02. The van der Waals surface area contributed by atoms with Gasteiger partial charge in [-0.3, -0.25) is 4.79 Å². The molecule has 0 aliphatic carbocycles. The fourth-order valence-corrected chi connectivity index (χ4v) is 2.77. The Bertz CT molecular complexity index is 540. The van der Waals surface area contributed by atoms with Crippen molar-refractivity contribution >= 4 is 17.7 Å². The number of piperidine rings is 1. The quantitative estimate of drug-likeness (QED) is 0.863. The summed E-state index contributed by atoms with van der Waals surface area (Å²) in [4.78, 5) is 25.9. The summed E-state index contributed by atoms with van der Waals surface area (Å²) in [6, 6.07) is 7.73. The van der Waals surface area contributed by atoms with Crippen LogP contribution in [0, 0.1) is 5.92 Å². The van der Waals surface area contributed by atoms with Gasteiger partial charge in [0.25, 0.3) is 0 Å². The van der Waals surface area contributed by atoms with Gasteiger partial charge in [0.1, 0.15) is 0 Å². The van der Waals surface area contributed by atoms with Crippen LogP contribution in [0.3, 0.4) is 0 Å². The molecule has 2 rings (SSSR count). The van der Waals surface area contributed by atoms with Gasteiger partial charge in [-0.15, -0.1) is 0 Å². The van der Waals surface area contributed by atoms with Crippen LogP contribution in [0.5, 0.6) is 0 Å². The van der Waals surface area contributed by atoms with Crippen molar-refractivity contribution in [2.24, 2.45) is 5.92 Å². The third kappa shape index (κ3) is 4.71. The summed E-state index contributed by atoms with van der Waals surface area (Å²) in [6.45, 7) is 7.55. The lowest BCUT2D eigenvalue weighted by molar-refractivity contribution is -0.149. The Balaban J connectivity index is 1.93. The topological polar surface area (TPSA) is 58.6 Å². The van der Waals surface area contributed by atoms with Gasteiger partial charge in [-0.05, 0) is 43.4 Å². The van der Waals surface area contributed by atoms with Gasteiger partial charge in [0, 0.05) is 18.8 Å². The molecule has 1 aromatic rings. The van der Waals surface area contributed by atoms with Crippen LogP contribution < -0.4 is 5.32 Å². The number of carbonyl (C=O) groups excluding carboxylic acids is 2. The number of carbonyl (C=O) groups is 2. The highest BCUT2D eigenvalue weighted by Gasteiger charge is 2.29. The molecule has 0 radical (unpaired) electrons. The largest absolute Gasteiger partial charge is 0.466 e. The molecular formula is C18H26N2O3. The Morgan fingerprint density at radius 3 is 2.61 bits per heavy atom. The van der Waals surface area contributed by atoms with Crippen molar-refractivity contribution in [3.63, 3.8) is 0 Å². The molecule has 1 unspecified atom stereocenters. The predicted octanol–water partition coefficient (Wildman–Crippen LogP) is 3.62. The van der Waals surface area contributed by atoms with E-state index < -0.39 is 0 Å². The van der Waals surface area contributed by atoms with Crippen LogP contribution in [0.2, 0.25) is 0 Å². The van der Waals surface area contributed by atoms with Crippen LogP contribution in [-0.2, 0) is 9.53 Å². The lowest BCUT2D eigenvalue weighted by Crippen LogP contribution is -2.44. The van der Waals surface area contributed by atoms with Gasteiger partial charge in [-0.1, -0.05) is 26.0 Å². The third-order valence-corrected chi connectivity index (χ3v) is 4.16. The Hall–Kier alpha value is -2.04. The zero-order valence-corrected chi connectivity index (χ0v) is 14.2. The number of amides is 2. The average molecular weight is 318 g/mol. The maximum absolute atomic E-state index is 12.4. The Morgan fingerprint density at radius 2 is 2.00 bits per heavy atom. The summed E-state index contributed by atoms with van der Waals surface area (Å²) >= 11 is 0. The van der Waals surface area contributed by atoms with Crippen molar-refractivity contribution in [3.05, 3.63) is 29.8 Å². The molecule has 0 aromatic heterocycles. The van der Waals surface area contributed by atoms with Gasteiger partial charge in [-0.25, -0.2) is 4.79 Å². The van der Waals surface area contributed by atoms with Crippen LogP contribution in [0.25, 0.3) is 0 Å². The van der Waals surface area contributed by atoms with Gasteiger partial charge < -0.3 is 15.0 Å². The summed E-state index contributed by atoms with van der Waals surface area (Å²) in [7, 11) is 0. The van der Waals surface area contributed by atoms with Crippen molar-refractivity contribution in [1.29, 1.82) is 0 Å². The van der Waals surface area contributed by atoms with Crippen molar-refractivity contribution in [1.82, 2.24) is 4.90 Å². The minimum absolute atomic E-state index is 0.156. The Labute approximate surface area is 138 Å². The molecule has 0 spiro atoms. The number of rotatable bonds is 4. The van der Waals surface area contributed by atoms with E-state index in [9.17, 15) is 9.59 Å². The van der Waals surface area contributed by atoms with E-state index in [0.29, 0.717) is 25.6 Å². The van der Waals surface area contributed by atoms with Gasteiger partial charge in [-0.2, -0.15) is 0 Å². The smallest absolute Gasteiger partial charge is 0.321 e. The molecule has 2 amide bonds. The maximum Gasteiger partial charge on any atom is 0.321 e. The number of hydrogen-bond acceptors (Lipinski definition) is 3. The SMILES string of the molecule is CCOC(=O)C1CCCN(C(=O)Nc2ccc(C(C)C)cc2)C1. The van der Waals surface area contributed by atoms with E-state index in [4.69, 9.17) is 4.74 Å². The first-order chi connectivity index (χ1) is 11.0. The van der Waals surface area contributed by atoms with Crippen molar-refractivity contribution in [2.75, 3.05) is 25.0 Å². The number of nitrogens with one attached hydrogen (secondary N) is 1. The van der Waals surface area contributed by atoms with Gasteiger partial charge in [0.15, 0.2) is 0 Å². The molecule has 0 saturated carbocycles. The fraction of sp³-hybridized carbons (Fsp3) is 0.556. The zero-order valence-electron chi connectivity index (χ0n) is 14.2. The highest BCUT2D eigenvalue weighted by molar-refractivity contribution is 5.89. The van der Waals surface area contributed by atoms with E-state index in [1.165, 1.54) is 5.56 Å². The van der Waals surface area contributed by atoms with Crippen LogP contribution in [-0.4, -0.2) is 36.6 Å². The van der Waals surface area contributed by atoms with Crippen molar-refractivity contribution in [2.45, 2.75) is 39.5 Å². The molecule has 1 aromatic carbocycles. The monoisotopic (exact) mass is 318 g/mol. The lowest BCUT2D eigenvalue weighted by Gasteiger charge is -2.31. The molecule has 1 fully saturated rings. The van der Waals surface area contributed by atoms with E-state index in [2.05, 4.69) is 19.2 Å². The van der Waals surface area contributed by atoms with Crippen LogP contribution in [0.4, 0.5) is 10.5 Å². The number of esters is 1. The molecule has 23 heavy (non-hydrogen) atoms. The second kappa shape index (κ2) is 7.99. The number of benzene rings is 1. The van der Waals surface area contributed by atoms with Crippen LogP contribution in [0.1, 0.15) is 45.1 Å². The van der Waals surface area contributed by atoms with Gasteiger partial charge in [0.05, 0.1) is 12.5 Å². The zero-order chi connectivity index (χ0) is 16.8. The lowest BCUT2D eigenvalue weighted by atomic mass is 9.98. The predicted molar refractivity (Wildman–Crippen MR) is 90.5 cm³/mol. The molecule has 1 aliphatic rings. The van der Waals surface area contributed by atoms with Crippen molar-refractivity contribution < 1.29 is 14.3 Å². The van der Waals surface area contributed by atoms with E-state index in [1.807, 2.05) is 24.3 Å². The van der Waals surface area contributed by atoms with E-state index >= 15 is 0 Å². The van der Waals surface area contributed by atoms with E-state index in [0.717, 1.165) is 18.5 Å². The van der Waals surface area contributed by atoms with Gasteiger partial charge in [0.2, 0.25) is 0 Å². The summed E-state index contributed by atoms with van der Waals surface area (Å²) in [5.41, 5.74) is 2.01. The summed E-state index contributed by atoms with van der Waals surface area (Å²) in [5.74, 6) is 0.0521. The summed E-state index contributed by atoms with van der Waals surface area (Å²) in [5, 5.41) is 2.90. The molecular weight excluding hydrogens is 292 g/mol. The Morgan fingerprint density at radius 1 is 1.30 bits per heavy atom. The number of anilines is 1. The number of likely N-dealkylation sites (tertiary alicyclic amines) is 1. The molecule has 126 valence electrons. The van der Waals surface area contributed by atoms with Gasteiger partial charge >= 0.3 is 12.0 Å². The number of ether oxygens (including phenoxy) is 1. The standard InChI is InChI=1S/C18H26N2O3/c1-4-23-17(21)15-6-5-11-20(12-15)18(22)19-16-9-7-14(8-10-16)13(2)3/h7-10,13,15H,4-6,11-12H2,1-3H3,(H,19,22). The highest BCUT2D eigenvalue weighted by Crippen LogP contribution is 2.20. The van der Waals surface area contributed by atoms with E-state index in [-0.39, 0.29) is 17.9 Å². The normalized spacial score (nSPS) is 17.9. The molecule has 1 aliphatic heterocycles. The molecule has 1 saturated heterocycles. The number of hydrogen-bond donors (Lipinski definition) is 1. The number of urea groups is 1. The second-order valence-electron chi connectivity index (χ2n) is 6.24. The minimum Gasteiger partial charge on any atom is -0.466 e. The first kappa shape index (κ1) is 17.3. The van der Waals surface area contributed by atoms with E-state index in [1.54, 1.807) is 11.8 Å². The molecule has 1 heterocycles. The second-order valence-corrected chi connectivity index (χ2v) is 6.24. The molecule has 5 heteroatoms. The van der Waals surface area contributed by atoms with Crippen molar-refractivity contribution in [3.8, 4) is 0 Å². The fourth-order valence-electron chi connectivity index (χ4n) is 2.77. The summed E-state index contributed by atoms with van der Waals surface area (Å²) in [6.07, 6.45) is 1.61. The first-order valence-electron chi connectivity index (χ1n) is 8.33. The minimum atomic E-state index is -0.210. The average Bonchev–Trinajstić information content (AvgIpc) is 2.55. The maximum atomic E-state index is 12.4. The first-order valence-corrected chi connectivity index (χ1v) is 8.33. The van der Waals surface area contributed by atoms with Crippen LogP contribution in [0.15, 0.2) is 24.3 Å². The number of nitrogens with zero attached hydrogens (tertiary/aromatic N) is 1. The molecule has 5 nitrogen and oxygen atoms in total. The summed E-state index contributed by atoms with van der Waals surface area (Å²) < 4.78 is 5.07. The molecule has 1 atom stereocenters. The molecule has 1 N–H and O–H groups in total. The third-order valence-electron chi connectivity index (χ3n) is 4.16. The highest BCUT2D eigenvalue weighted by atomic mass is 16.5.